The number of hydrogen-bond acceptors (Lipinski definition) is 4. The van der Waals surface area contributed by atoms with Gasteiger partial charge in [-0.3, -0.25) is 0 Å². The number of nitroso groups, excluding NO2 is 1. The summed E-state index contributed by atoms with van der Waals surface area (Å²) in [6.07, 6.45) is 0.941. The van der Waals surface area contributed by atoms with Crippen molar-refractivity contribution in [3.05, 3.63) is 4.91 Å². The van der Waals surface area contributed by atoms with Crippen LogP contribution in [0, 0.1) is 4.91 Å². The lowest BCUT2D eigenvalue weighted by Crippen LogP contribution is -2.11. The molecule has 0 N–H and O–H groups in total. The lowest BCUT2D eigenvalue weighted by molar-refractivity contribution is 0.0690. The zero-order chi connectivity index (χ0) is 7.40. The van der Waals surface area contributed by atoms with Crippen molar-refractivity contribution in [2.24, 2.45) is 5.18 Å². The van der Waals surface area contributed by atoms with Gasteiger partial charge in [0.1, 0.15) is 6.54 Å². The van der Waals surface area contributed by atoms with Gasteiger partial charge in [-0.05, 0) is 0 Å². The monoisotopic (exact) mass is 145 g/mol. The number of nitrogens with zero attached hydrogens (tertiary/aromatic N) is 1. The van der Waals surface area contributed by atoms with Crippen LogP contribution in [0.1, 0.15) is 6.42 Å². The van der Waals surface area contributed by atoms with Crippen molar-refractivity contribution in [2.75, 3.05) is 20.3 Å². The van der Waals surface area contributed by atoms with Gasteiger partial charge in [0.25, 0.3) is 0 Å². The second kappa shape index (κ2) is 3.63. The van der Waals surface area contributed by atoms with Crippen LogP contribution < -0.4 is 0 Å². The second-order valence-corrected chi connectivity index (χ2v) is 2.36. The minimum Gasteiger partial charge on any atom is -0.379 e. The SMILES string of the molecule is CO[C@H]1CO[C@H](CN=O)C1. The van der Waals surface area contributed by atoms with E-state index in [2.05, 4.69) is 5.18 Å². The van der Waals surface area contributed by atoms with Crippen molar-refractivity contribution in [1.82, 2.24) is 0 Å². The van der Waals surface area contributed by atoms with Gasteiger partial charge in [0.15, 0.2) is 0 Å². The number of rotatable bonds is 3. The van der Waals surface area contributed by atoms with Crippen LogP contribution in [0.5, 0.6) is 0 Å². The predicted molar refractivity (Wildman–Crippen MR) is 35.8 cm³/mol. The third-order valence-corrected chi connectivity index (χ3v) is 1.66. The second-order valence-electron chi connectivity index (χ2n) is 2.36. The van der Waals surface area contributed by atoms with E-state index >= 15 is 0 Å². The third kappa shape index (κ3) is 1.75. The Morgan fingerprint density at radius 1 is 1.80 bits per heavy atom. The van der Waals surface area contributed by atoms with Gasteiger partial charge in [-0.15, -0.1) is 0 Å². The maximum absolute atomic E-state index is 9.79. The van der Waals surface area contributed by atoms with Crippen LogP contribution in [-0.4, -0.2) is 32.5 Å². The van der Waals surface area contributed by atoms with Crippen molar-refractivity contribution in [3.63, 3.8) is 0 Å². The maximum Gasteiger partial charge on any atom is 0.107 e. The summed E-state index contributed by atoms with van der Waals surface area (Å²) in [5.41, 5.74) is 0. The van der Waals surface area contributed by atoms with Crippen LogP contribution in [0.15, 0.2) is 5.18 Å². The first-order valence-corrected chi connectivity index (χ1v) is 3.30. The van der Waals surface area contributed by atoms with Crippen molar-refractivity contribution in [1.29, 1.82) is 0 Å². The molecule has 0 aromatic carbocycles. The first kappa shape index (κ1) is 7.63. The van der Waals surface area contributed by atoms with Gasteiger partial charge in [-0.2, -0.15) is 4.91 Å². The van der Waals surface area contributed by atoms with Gasteiger partial charge in [0.05, 0.1) is 18.8 Å². The van der Waals surface area contributed by atoms with E-state index < -0.39 is 0 Å². The fraction of sp³-hybridized carbons (Fsp3) is 1.00. The van der Waals surface area contributed by atoms with Crippen molar-refractivity contribution >= 4 is 0 Å². The number of hydrogen-bond donors (Lipinski definition) is 0. The topological polar surface area (TPSA) is 47.9 Å². The van der Waals surface area contributed by atoms with E-state index in [1.54, 1.807) is 7.11 Å². The average Bonchev–Trinajstić information content (AvgIpc) is 2.37. The molecule has 1 aliphatic heterocycles. The molecule has 1 rings (SSSR count). The molecule has 0 aromatic heterocycles. The Balaban J connectivity index is 2.21. The molecule has 0 amide bonds. The van der Waals surface area contributed by atoms with E-state index in [4.69, 9.17) is 9.47 Å². The van der Waals surface area contributed by atoms with Crippen LogP contribution in [-0.2, 0) is 9.47 Å². The molecule has 1 heterocycles. The molecule has 1 fully saturated rings. The van der Waals surface area contributed by atoms with E-state index in [0.717, 1.165) is 6.42 Å². The molecule has 0 radical (unpaired) electrons. The molecule has 10 heavy (non-hydrogen) atoms. The molecule has 1 saturated heterocycles. The van der Waals surface area contributed by atoms with Crippen molar-refractivity contribution in [3.8, 4) is 0 Å². The molecular formula is C6H11NO3. The Bertz CT molecular complexity index is 118. The third-order valence-electron chi connectivity index (χ3n) is 1.66. The molecule has 1 aliphatic rings. The summed E-state index contributed by atoms with van der Waals surface area (Å²) in [6.45, 7) is 0.844. The van der Waals surface area contributed by atoms with E-state index in [1.807, 2.05) is 0 Å². The first-order valence-electron chi connectivity index (χ1n) is 3.30. The molecule has 0 saturated carbocycles. The van der Waals surface area contributed by atoms with Crippen LogP contribution in [0.2, 0.25) is 0 Å². The van der Waals surface area contributed by atoms with E-state index in [0.29, 0.717) is 6.61 Å². The smallest absolute Gasteiger partial charge is 0.107 e. The highest BCUT2D eigenvalue weighted by molar-refractivity contribution is 4.74. The zero-order valence-electron chi connectivity index (χ0n) is 5.95. The highest BCUT2D eigenvalue weighted by Gasteiger charge is 2.24. The molecular weight excluding hydrogens is 134 g/mol. The average molecular weight is 145 g/mol. The Kier molecular flexibility index (Phi) is 2.77. The lowest BCUT2D eigenvalue weighted by Gasteiger charge is -2.02. The molecule has 0 spiro atoms. The number of ether oxygens (including phenoxy) is 2. The van der Waals surface area contributed by atoms with Gasteiger partial charge < -0.3 is 9.47 Å². The van der Waals surface area contributed by atoms with Gasteiger partial charge >= 0.3 is 0 Å². The van der Waals surface area contributed by atoms with E-state index in [-0.39, 0.29) is 18.8 Å². The van der Waals surface area contributed by atoms with Gasteiger partial charge in [0, 0.05) is 13.5 Å². The van der Waals surface area contributed by atoms with Crippen molar-refractivity contribution in [2.45, 2.75) is 18.6 Å². The molecule has 0 aliphatic carbocycles. The standard InChI is InChI=1S/C6H11NO3/c1-9-6-2-5(3-7-8)10-4-6/h5-6H,2-4H2,1H3/t5-,6+/m0/s1. The minimum absolute atomic E-state index is 0.0116. The Labute approximate surface area is 59.5 Å². The summed E-state index contributed by atoms with van der Waals surface area (Å²) in [4.78, 5) is 9.79. The van der Waals surface area contributed by atoms with E-state index in [9.17, 15) is 4.91 Å². The van der Waals surface area contributed by atoms with Crippen LogP contribution in [0.4, 0.5) is 0 Å². The van der Waals surface area contributed by atoms with Crippen LogP contribution >= 0.6 is 0 Å². The van der Waals surface area contributed by atoms with E-state index in [1.165, 1.54) is 0 Å². The summed E-state index contributed by atoms with van der Waals surface area (Å²) in [7, 11) is 1.64. The molecule has 0 unspecified atom stereocenters. The lowest BCUT2D eigenvalue weighted by atomic mass is 10.2. The summed E-state index contributed by atoms with van der Waals surface area (Å²) >= 11 is 0. The Morgan fingerprint density at radius 3 is 3.10 bits per heavy atom. The molecule has 0 bridgehead atoms. The molecule has 58 valence electrons. The van der Waals surface area contributed by atoms with Crippen LogP contribution in [0.3, 0.4) is 0 Å². The summed E-state index contributed by atoms with van der Waals surface area (Å²) in [6, 6.07) is 0. The number of methoxy groups -OCH3 is 1. The highest BCUT2D eigenvalue weighted by Crippen LogP contribution is 2.15. The van der Waals surface area contributed by atoms with Crippen molar-refractivity contribution < 1.29 is 9.47 Å². The fourth-order valence-electron chi connectivity index (χ4n) is 1.05. The largest absolute Gasteiger partial charge is 0.379 e. The quantitative estimate of drug-likeness (QED) is 0.545. The normalized spacial score (nSPS) is 32.5. The fourth-order valence-corrected chi connectivity index (χ4v) is 1.05. The summed E-state index contributed by atoms with van der Waals surface area (Å²) < 4.78 is 10.2. The maximum atomic E-state index is 9.79. The van der Waals surface area contributed by atoms with Gasteiger partial charge in [0.2, 0.25) is 0 Å². The Morgan fingerprint density at radius 2 is 2.60 bits per heavy atom. The minimum atomic E-state index is -0.0116. The zero-order valence-corrected chi connectivity index (χ0v) is 5.95. The van der Waals surface area contributed by atoms with Gasteiger partial charge in [-0.25, -0.2) is 0 Å². The van der Waals surface area contributed by atoms with Gasteiger partial charge in [-0.1, -0.05) is 5.18 Å². The molecule has 4 heteroatoms. The molecule has 0 aromatic rings. The predicted octanol–water partition coefficient (Wildman–Crippen LogP) is 0.557. The summed E-state index contributed by atoms with van der Waals surface area (Å²) in [5.74, 6) is 0. The summed E-state index contributed by atoms with van der Waals surface area (Å²) in [5, 5.41) is 2.76. The molecule has 4 nitrogen and oxygen atoms in total. The first-order chi connectivity index (χ1) is 4.86. The molecule has 2 atom stereocenters. The van der Waals surface area contributed by atoms with Crippen LogP contribution in [0.25, 0.3) is 0 Å². The highest BCUT2D eigenvalue weighted by atomic mass is 16.5. The Hall–Kier alpha value is -0.480.